The van der Waals surface area contributed by atoms with Gasteiger partial charge >= 0.3 is 0 Å². The molecule has 0 N–H and O–H groups in total. The number of Topliss-reactive ketones (excluding diaryl/α,β-unsaturated/α-hetero) is 1. The number of rotatable bonds is 3. The van der Waals surface area contributed by atoms with Gasteiger partial charge in [-0.25, -0.2) is 9.97 Å². The summed E-state index contributed by atoms with van der Waals surface area (Å²) in [6, 6.07) is 6.46. The number of aromatic nitrogens is 2. The molecular weight excluding hydrogens is 422 g/mol. The number of ketones is 1. The van der Waals surface area contributed by atoms with E-state index in [9.17, 15) is 4.79 Å². The molecule has 1 saturated carbocycles. The van der Waals surface area contributed by atoms with Crippen molar-refractivity contribution in [3.8, 4) is 11.1 Å². The Bertz CT molecular complexity index is 1220. The SMILES string of the molecule is Cc1ncc(-c2ccc3c(c2)C(C2=CCC(C4C[C@@H]5C[C@H](C4)O5)=CN=C2)CC(=O)C3(C)C)cn1. The molecule has 7 rings (SSSR count). The van der Waals surface area contributed by atoms with Crippen molar-refractivity contribution in [1.82, 2.24) is 9.97 Å². The summed E-state index contributed by atoms with van der Waals surface area (Å²) >= 11 is 0. The van der Waals surface area contributed by atoms with Crippen molar-refractivity contribution in [3.63, 3.8) is 0 Å². The van der Waals surface area contributed by atoms with Crippen LogP contribution in [0, 0.1) is 12.8 Å². The summed E-state index contributed by atoms with van der Waals surface area (Å²) in [4.78, 5) is 26.7. The van der Waals surface area contributed by atoms with E-state index in [0.717, 1.165) is 47.4 Å². The molecule has 2 saturated heterocycles. The zero-order chi connectivity index (χ0) is 23.4. The highest BCUT2D eigenvalue weighted by atomic mass is 16.5. The molecular formula is C29H31N3O2. The number of carbonyl (C=O) groups is 1. The Morgan fingerprint density at radius 2 is 1.76 bits per heavy atom. The fourth-order valence-corrected chi connectivity index (χ4v) is 6.10. The van der Waals surface area contributed by atoms with Gasteiger partial charge in [-0.05, 0) is 80.2 Å². The average Bonchev–Trinajstić information content (AvgIpc) is 3.08. The summed E-state index contributed by atoms with van der Waals surface area (Å²) in [5.74, 6) is 1.63. The zero-order valence-electron chi connectivity index (χ0n) is 20.1. The van der Waals surface area contributed by atoms with E-state index in [4.69, 9.17) is 9.73 Å². The number of allylic oxidation sites excluding steroid dienone is 3. The molecule has 0 spiro atoms. The lowest BCUT2D eigenvalue weighted by molar-refractivity contribution is -0.168. The number of hydrogen-bond donors (Lipinski definition) is 0. The molecule has 2 bridgehead atoms. The molecule has 4 atom stereocenters. The third-order valence-electron chi connectivity index (χ3n) is 8.27. The van der Waals surface area contributed by atoms with Crippen LogP contribution in [0.15, 0.2) is 59.0 Å². The van der Waals surface area contributed by atoms with Gasteiger partial charge in [-0.3, -0.25) is 9.79 Å². The first-order chi connectivity index (χ1) is 16.4. The first kappa shape index (κ1) is 21.6. The smallest absolute Gasteiger partial charge is 0.143 e. The highest BCUT2D eigenvalue weighted by Gasteiger charge is 2.42. The van der Waals surface area contributed by atoms with E-state index in [1.165, 1.54) is 17.6 Å². The first-order valence-electron chi connectivity index (χ1n) is 12.4. The Kier molecular flexibility index (Phi) is 5.14. The molecule has 2 aromatic rings. The summed E-state index contributed by atoms with van der Waals surface area (Å²) in [5.41, 5.74) is 6.46. The summed E-state index contributed by atoms with van der Waals surface area (Å²) in [6.45, 7) is 5.99. The van der Waals surface area contributed by atoms with Crippen molar-refractivity contribution in [3.05, 3.63) is 71.0 Å². The molecule has 1 aromatic carbocycles. The van der Waals surface area contributed by atoms with Crippen molar-refractivity contribution in [2.45, 2.75) is 76.4 Å². The lowest BCUT2D eigenvalue weighted by Crippen LogP contribution is -2.45. The predicted octanol–water partition coefficient (Wildman–Crippen LogP) is 5.64. The maximum Gasteiger partial charge on any atom is 0.143 e. The molecule has 0 amide bonds. The van der Waals surface area contributed by atoms with Crippen LogP contribution in [0.5, 0.6) is 0 Å². The Hall–Kier alpha value is -2.92. The molecule has 3 aliphatic heterocycles. The monoisotopic (exact) mass is 453 g/mol. The van der Waals surface area contributed by atoms with Crippen molar-refractivity contribution < 1.29 is 9.53 Å². The maximum absolute atomic E-state index is 13.2. The third kappa shape index (κ3) is 3.67. The molecule has 34 heavy (non-hydrogen) atoms. The summed E-state index contributed by atoms with van der Waals surface area (Å²) in [7, 11) is 0. The number of aliphatic imine (C=N–C) groups is 1. The normalized spacial score (nSPS) is 29.4. The molecule has 0 radical (unpaired) electrons. The summed E-state index contributed by atoms with van der Waals surface area (Å²) in [5, 5.41) is 0. The van der Waals surface area contributed by atoms with Crippen molar-refractivity contribution in [2.75, 3.05) is 0 Å². The van der Waals surface area contributed by atoms with E-state index in [1.807, 2.05) is 39.4 Å². The van der Waals surface area contributed by atoms with Gasteiger partial charge in [-0.2, -0.15) is 0 Å². The Morgan fingerprint density at radius 1 is 1.03 bits per heavy atom. The number of benzene rings is 1. The fraction of sp³-hybridized carbons (Fsp3) is 0.448. The van der Waals surface area contributed by atoms with Crippen LogP contribution in [-0.4, -0.2) is 34.2 Å². The molecule has 5 aliphatic rings. The van der Waals surface area contributed by atoms with E-state index in [0.29, 0.717) is 24.5 Å². The van der Waals surface area contributed by atoms with Crippen LogP contribution in [-0.2, 0) is 14.9 Å². The second-order valence-electron chi connectivity index (χ2n) is 10.8. The molecule has 4 heterocycles. The van der Waals surface area contributed by atoms with Crippen LogP contribution in [0.25, 0.3) is 11.1 Å². The van der Waals surface area contributed by atoms with Gasteiger partial charge in [-0.1, -0.05) is 24.3 Å². The number of hydrogen-bond acceptors (Lipinski definition) is 5. The topological polar surface area (TPSA) is 64.4 Å². The number of carbonyl (C=O) groups excluding carboxylic acids is 1. The van der Waals surface area contributed by atoms with Gasteiger partial charge in [0.2, 0.25) is 0 Å². The van der Waals surface area contributed by atoms with Gasteiger partial charge in [0.25, 0.3) is 0 Å². The molecule has 5 heteroatoms. The average molecular weight is 454 g/mol. The van der Waals surface area contributed by atoms with Crippen LogP contribution in [0.3, 0.4) is 0 Å². The summed E-state index contributed by atoms with van der Waals surface area (Å²) in [6.07, 6.45) is 15.8. The number of fused-ring (bicyclic) bond motifs is 3. The Labute approximate surface area is 201 Å². The minimum atomic E-state index is -0.497. The predicted molar refractivity (Wildman–Crippen MR) is 133 cm³/mol. The molecule has 1 aromatic heterocycles. The van der Waals surface area contributed by atoms with Gasteiger partial charge in [0.05, 0.1) is 12.2 Å². The molecule has 3 fully saturated rings. The fourth-order valence-electron chi connectivity index (χ4n) is 6.10. The van der Waals surface area contributed by atoms with Crippen LogP contribution >= 0.6 is 0 Å². The lowest BCUT2D eigenvalue weighted by Gasteiger charge is -2.45. The molecule has 174 valence electrons. The van der Waals surface area contributed by atoms with Gasteiger partial charge in [0, 0.05) is 48.1 Å². The van der Waals surface area contributed by atoms with Gasteiger partial charge in [-0.15, -0.1) is 0 Å². The molecule has 2 aliphatic carbocycles. The Morgan fingerprint density at radius 3 is 2.50 bits per heavy atom. The minimum absolute atomic E-state index is 0.0152. The summed E-state index contributed by atoms with van der Waals surface area (Å²) < 4.78 is 5.84. The largest absolute Gasteiger partial charge is 0.375 e. The maximum atomic E-state index is 13.2. The molecule has 5 nitrogen and oxygen atoms in total. The van der Waals surface area contributed by atoms with Gasteiger partial charge < -0.3 is 4.74 Å². The van der Waals surface area contributed by atoms with E-state index < -0.39 is 5.41 Å². The third-order valence-corrected chi connectivity index (χ3v) is 8.27. The second-order valence-corrected chi connectivity index (χ2v) is 10.8. The highest BCUT2D eigenvalue weighted by molar-refractivity contribution is 5.95. The van der Waals surface area contributed by atoms with Crippen LogP contribution in [0.2, 0.25) is 0 Å². The Balaban J connectivity index is 1.34. The van der Waals surface area contributed by atoms with Crippen LogP contribution in [0.1, 0.15) is 68.8 Å². The van der Waals surface area contributed by atoms with E-state index in [-0.39, 0.29) is 11.7 Å². The van der Waals surface area contributed by atoms with Gasteiger partial charge in [0.1, 0.15) is 11.6 Å². The number of nitrogens with zero attached hydrogens (tertiary/aromatic N) is 3. The van der Waals surface area contributed by atoms with Gasteiger partial charge in [0.15, 0.2) is 0 Å². The van der Waals surface area contributed by atoms with E-state index >= 15 is 0 Å². The van der Waals surface area contributed by atoms with E-state index in [2.05, 4.69) is 40.4 Å². The quantitative estimate of drug-likeness (QED) is 0.603. The lowest BCUT2D eigenvalue weighted by atomic mass is 9.65. The molecule has 2 unspecified atom stereocenters. The van der Waals surface area contributed by atoms with Crippen LogP contribution < -0.4 is 0 Å². The standard InChI is InChI=1S/C29H31N3O2/c1-17-31-15-22(16-32-17)18-6-7-27-26(10-18)25(12-28(33)29(27,2)3)20-5-4-19(13-30-14-20)21-8-23-11-24(9-21)34-23/h5-7,10,13-16,21,23-25H,4,8-9,11-12H2,1-3H3/t21?,23-,24+,25?. The van der Waals surface area contributed by atoms with Crippen LogP contribution in [0.4, 0.5) is 0 Å². The van der Waals surface area contributed by atoms with Crippen molar-refractivity contribution in [2.24, 2.45) is 10.9 Å². The zero-order valence-corrected chi connectivity index (χ0v) is 20.1. The van der Waals surface area contributed by atoms with Crippen molar-refractivity contribution in [1.29, 1.82) is 0 Å². The highest BCUT2D eigenvalue weighted by Crippen LogP contribution is 2.46. The first-order valence-corrected chi connectivity index (χ1v) is 12.4. The number of aryl methyl sites for hydroxylation is 1. The second kappa shape index (κ2) is 8.09. The number of ether oxygens (including phenoxy) is 1. The minimum Gasteiger partial charge on any atom is -0.375 e. The van der Waals surface area contributed by atoms with E-state index in [1.54, 1.807) is 0 Å². The van der Waals surface area contributed by atoms with Crippen molar-refractivity contribution >= 4 is 12.0 Å².